The molecule has 0 aliphatic rings. The van der Waals surface area contributed by atoms with Crippen LogP contribution >= 0.6 is 11.3 Å². The molecule has 8 heteroatoms. The van der Waals surface area contributed by atoms with E-state index in [1.165, 1.54) is 30.7 Å². The second-order valence-corrected chi connectivity index (χ2v) is 7.23. The number of hydrogen-bond acceptors (Lipinski definition) is 6. The Balaban J connectivity index is 1.59. The first-order valence-electron chi connectivity index (χ1n) is 9.05. The Labute approximate surface area is 176 Å². The number of nitrogens with one attached hydrogen (secondary N) is 1. The van der Waals surface area contributed by atoms with E-state index in [0.29, 0.717) is 22.6 Å². The van der Waals surface area contributed by atoms with Crippen LogP contribution in [-0.4, -0.2) is 34.1 Å². The molecule has 2 aromatic heterocycles. The molecule has 0 atom stereocenters. The maximum Gasteiger partial charge on any atom is 0.275 e. The molecule has 0 bridgehead atoms. The number of benzene rings is 2. The van der Waals surface area contributed by atoms with Gasteiger partial charge < -0.3 is 9.84 Å². The number of carbonyl (C=O) groups excluding carboxylic acids is 1. The smallest absolute Gasteiger partial charge is 0.275 e. The van der Waals surface area contributed by atoms with E-state index in [0.717, 1.165) is 10.6 Å². The van der Waals surface area contributed by atoms with Gasteiger partial charge in [-0.05, 0) is 47.3 Å². The van der Waals surface area contributed by atoms with E-state index in [1.54, 1.807) is 23.0 Å². The van der Waals surface area contributed by atoms with Crippen LogP contribution in [0.3, 0.4) is 0 Å². The van der Waals surface area contributed by atoms with Gasteiger partial charge in [0.15, 0.2) is 11.5 Å². The van der Waals surface area contributed by atoms with E-state index in [4.69, 9.17) is 4.74 Å². The maximum atomic E-state index is 12.8. The molecule has 0 fully saturated rings. The van der Waals surface area contributed by atoms with Crippen molar-refractivity contribution in [2.45, 2.75) is 0 Å². The maximum absolute atomic E-state index is 12.8. The van der Waals surface area contributed by atoms with Gasteiger partial charge in [0, 0.05) is 6.20 Å². The van der Waals surface area contributed by atoms with Crippen LogP contribution in [0.5, 0.6) is 11.5 Å². The molecule has 4 rings (SSSR count). The molecule has 2 aromatic carbocycles. The normalized spacial score (nSPS) is 11.0. The Kier molecular flexibility index (Phi) is 5.58. The highest BCUT2D eigenvalue weighted by Gasteiger charge is 2.19. The summed E-state index contributed by atoms with van der Waals surface area (Å²) in [5.41, 5.74) is 5.08. The minimum atomic E-state index is -0.373. The van der Waals surface area contributed by atoms with Crippen molar-refractivity contribution in [1.82, 2.24) is 15.2 Å². The van der Waals surface area contributed by atoms with Crippen molar-refractivity contribution in [3.8, 4) is 27.8 Å². The summed E-state index contributed by atoms with van der Waals surface area (Å²) in [6.45, 7) is 0. The number of hydrogen-bond donors (Lipinski definition) is 2. The highest BCUT2D eigenvalue weighted by atomic mass is 32.1. The minimum absolute atomic E-state index is 0.0348. The lowest BCUT2D eigenvalue weighted by molar-refractivity contribution is 0.0956. The Morgan fingerprint density at radius 2 is 2.03 bits per heavy atom. The molecule has 0 aliphatic heterocycles. The summed E-state index contributed by atoms with van der Waals surface area (Å²) in [6, 6.07) is 18.2. The third kappa shape index (κ3) is 4.08. The van der Waals surface area contributed by atoms with Gasteiger partial charge in [-0.25, -0.2) is 10.1 Å². The molecule has 30 heavy (non-hydrogen) atoms. The van der Waals surface area contributed by atoms with Gasteiger partial charge in [-0.2, -0.15) is 10.2 Å². The van der Waals surface area contributed by atoms with Gasteiger partial charge in [0.05, 0.1) is 29.5 Å². The molecule has 2 heterocycles. The van der Waals surface area contributed by atoms with Crippen molar-refractivity contribution in [3.05, 3.63) is 83.4 Å². The van der Waals surface area contributed by atoms with Gasteiger partial charge >= 0.3 is 0 Å². The van der Waals surface area contributed by atoms with Crippen LogP contribution in [0.1, 0.15) is 15.9 Å². The summed E-state index contributed by atoms with van der Waals surface area (Å²) in [6.07, 6.45) is 3.17. The van der Waals surface area contributed by atoms with Crippen LogP contribution in [0.4, 0.5) is 0 Å². The zero-order valence-corrected chi connectivity index (χ0v) is 16.8. The lowest BCUT2D eigenvalue weighted by Gasteiger charge is -2.03. The number of methoxy groups -OCH3 is 1. The summed E-state index contributed by atoms with van der Waals surface area (Å²) < 4.78 is 6.75. The number of aromatic nitrogens is 2. The number of phenols is 1. The van der Waals surface area contributed by atoms with Gasteiger partial charge in [-0.15, -0.1) is 11.3 Å². The second kappa shape index (κ2) is 8.62. The molecule has 2 N–H and O–H groups in total. The fraction of sp³-hybridized carbons (Fsp3) is 0.0455. The topological polar surface area (TPSA) is 88.7 Å². The number of nitrogens with zero attached hydrogens (tertiary/aromatic N) is 3. The molecular weight excluding hydrogens is 400 g/mol. The summed E-state index contributed by atoms with van der Waals surface area (Å²) in [5.74, 6) is -0.00966. The Hall–Kier alpha value is -3.91. The van der Waals surface area contributed by atoms with Crippen LogP contribution < -0.4 is 10.2 Å². The van der Waals surface area contributed by atoms with Crippen molar-refractivity contribution in [3.63, 3.8) is 0 Å². The highest BCUT2D eigenvalue weighted by molar-refractivity contribution is 7.13. The van der Waals surface area contributed by atoms with E-state index >= 15 is 0 Å². The molecular formula is C22H18N4O3S. The first-order chi connectivity index (χ1) is 14.7. The number of para-hydroxylation sites is 1. The van der Waals surface area contributed by atoms with Gasteiger partial charge in [-0.3, -0.25) is 4.79 Å². The fourth-order valence-electron chi connectivity index (χ4n) is 2.85. The summed E-state index contributed by atoms with van der Waals surface area (Å²) >= 11 is 1.51. The van der Waals surface area contributed by atoms with Crippen LogP contribution in [0, 0.1) is 0 Å². The van der Waals surface area contributed by atoms with Gasteiger partial charge in [0.2, 0.25) is 0 Å². The lowest BCUT2D eigenvalue weighted by atomic mass is 10.2. The molecule has 7 nitrogen and oxygen atoms in total. The lowest BCUT2D eigenvalue weighted by Crippen LogP contribution is -2.17. The first-order valence-corrected chi connectivity index (χ1v) is 9.93. The predicted octanol–water partition coefficient (Wildman–Crippen LogP) is 4.08. The van der Waals surface area contributed by atoms with E-state index in [2.05, 4.69) is 15.6 Å². The molecule has 0 radical (unpaired) electrons. The molecule has 0 saturated heterocycles. The SMILES string of the molecule is COc1cc(/C=N/NC(=O)c2cn(-c3ccccc3)nc2-c2cccs2)ccc1O. The van der Waals surface area contributed by atoms with Crippen LogP contribution in [0.25, 0.3) is 16.3 Å². The highest BCUT2D eigenvalue weighted by Crippen LogP contribution is 2.28. The number of aromatic hydroxyl groups is 1. The zero-order valence-electron chi connectivity index (χ0n) is 16.0. The van der Waals surface area contributed by atoms with Crippen LogP contribution in [-0.2, 0) is 0 Å². The summed E-state index contributed by atoms with van der Waals surface area (Å²) in [7, 11) is 1.47. The average molecular weight is 418 g/mol. The van der Waals surface area contributed by atoms with E-state index in [9.17, 15) is 9.90 Å². The Morgan fingerprint density at radius 1 is 1.20 bits per heavy atom. The molecule has 0 unspecified atom stereocenters. The summed E-state index contributed by atoms with van der Waals surface area (Å²) in [4.78, 5) is 13.7. The predicted molar refractivity (Wildman–Crippen MR) is 117 cm³/mol. The monoisotopic (exact) mass is 418 g/mol. The number of amides is 1. The third-order valence-electron chi connectivity index (χ3n) is 4.32. The van der Waals surface area contributed by atoms with Crippen LogP contribution in [0.2, 0.25) is 0 Å². The van der Waals surface area contributed by atoms with Gasteiger partial charge in [0.1, 0.15) is 5.69 Å². The summed E-state index contributed by atoms with van der Waals surface area (Å²) in [5, 5.41) is 20.3. The molecule has 0 aliphatic carbocycles. The number of rotatable bonds is 6. The van der Waals surface area contributed by atoms with Crippen molar-refractivity contribution in [1.29, 1.82) is 0 Å². The van der Waals surface area contributed by atoms with Gasteiger partial charge in [-0.1, -0.05) is 24.3 Å². The van der Waals surface area contributed by atoms with Crippen LogP contribution in [0.15, 0.2) is 77.3 Å². The third-order valence-corrected chi connectivity index (χ3v) is 5.19. The number of phenolic OH excluding ortho intramolecular Hbond substituents is 1. The van der Waals surface area contributed by atoms with E-state index in [-0.39, 0.29) is 11.7 Å². The molecule has 150 valence electrons. The molecule has 0 spiro atoms. The quantitative estimate of drug-likeness (QED) is 0.365. The fourth-order valence-corrected chi connectivity index (χ4v) is 3.57. The largest absolute Gasteiger partial charge is 0.504 e. The number of ether oxygens (including phenoxy) is 1. The first kappa shape index (κ1) is 19.4. The van der Waals surface area contributed by atoms with Gasteiger partial charge in [0.25, 0.3) is 5.91 Å². The minimum Gasteiger partial charge on any atom is -0.504 e. The standard InChI is InChI=1S/C22H18N4O3S/c1-29-19-12-15(9-10-18(19)27)13-23-24-22(28)17-14-26(16-6-3-2-4-7-16)25-21(17)20-8-5-11-30-20/h2-14,27H,1H3,(H,24,28)/b23-13+. The zero-order chi connectivity index (χ0) is 20.9. The van der Waals surface area contributed by atoms with Crippen molar-refractivity contribution >= 4 is 23.5 Å². The molecule has 0 saturated carbocycles. The molecule has 1 amide bonds. The number of carbonyl (C=O) groups is 1. The van der Waals surface area contributed by atoms with Crippen molar-refractivity contribution in [2.24, 2.45) is 5.10 Å². The Morgan fingerprint density at radius 3 is 2.77 bits per heavy atom. The Bertz CT molecular complexity index is 1180. The van der Waals surface area contributed by atoms with Crippen molar-refractivity contribution < 1.29 is 14.6 Å². The second-order valence-electron chi connectivity index (χ2n) is 6.28. The van der Waals surface area contributed by atoms with E-state index in [1.807, 2.05) is 47.8 Å². The number of thiophene rings is 1. The average Bonchev–Trinajstić information content (AvgIpc) is 3.45. The number of hydrazone groups is 1. The molecule has 4 aromatic rings. The van der Waals surface area contributed by atoms with E-state index < -0.39 is 0 Å². The van der Waals surface area contributed by atoms with Crippen molar-refractivity contribution in [2.75, 3.05) is 7.11 Å².